The summed E-state index contributed by atoms with van der Waals surface area (Å²) in [6.45, 7) is 0. The summed E-state index contributed by atoms with van der Waals surface area (Å²) < 4.78 is 0. The van der Waals surface area contributed by atoms with E-state index in [-0.39, 0.29) is 17.9 Å². The van der Waals surface area contributed by atoms with Gasteiger partial charge in [-0.1, -0.05) is 12.2 Å². The monoisotopic (exact) mass is 245 g/mol. The van der Waals surface area contributed by atoms with Crippen molar-refractivity contribution in [3.05, 3.63) is 36.4 Å². The normalized spacial score (nSPS) is 21.9. The lowest BCUT2D eigenvalue weighted by Crippen LogP contribution is -2.24. The highest BCUT2D eigenvalue weighted by atomic mass is 16.1. The molecule has 18 heavy (non-hydrogen) atoms. The molecule has 0 radical (unpaired) electrons. The quantitative estimate of drug-likeness (QED) is 0.795. The van der Waals surface area contributed by atoms with Crippen LogP contribution in [0.25, 0.3) is 0 Å². The largest absolute Gasteiger partial charge is 0.378 e. The van der Waals surface area contributed by atoms with Crippen LogP contribution >= 0.6 is 0 Å². The first kappa shape index (κ1) is 12.6. The van der Waals surface area contributed by atoms with Crippen LogP contribution in [0.15, 0.2) is 36.4 Å². The van der Waals surface area contributed by atoms with Gasteiger partial charge in [0.05, 0.1) is 5.92 Å². The van der Waals surface area contributed by atoms with E-state index in [1.165, 1.54) is 0 Å². The van der Waals surface area contributed by atoms with Gasteiger partial charge in [-0.15, -0.1) is 0 Å². The zero-order valence-electron chi connectivity index (χ0n) is 10.8. The zero-order chi connectivity index (χ0) is 13.1. The van der Waals surface area contributed by atoms with Gasteiger partial charge in [-0.05, 0) is 30.7 Å². The van der Waals surface area contributed by atoms with Crippen molar-refractivity contribution in [3.8, 4) is 0 Å². The second-order valence-corrected chi connectivity index (χ2v) is 4.82. The van der Waals surface area contributed by atoms with E-state index in [1.807, 2.05) is 55.4 Å². The van der Waals surface area contributed by atoms with Crippen LogP contribution < -0.4 is 16.0 Å². The molecule has 4 nitrogen and oxygen atoms in total. The van der Waals surface area contributed by atoms with Crippen LogP contribution in [0.4, 0.5) is 11.4 Å². The Morgan fingerprint density at radius 2 is 1.94 bits per heavy atom. The van der Waals surface area contributed by atoms with Crippen LogP contribution in [0.2, 0.25) is 0 Å². The van der Waals surface area contributed by atoms with E-state index in [9.17, 15) is 4.79 Å². The summed E-state index contributed by atoms with van der Waals surface area (Å²) in [7, 11) is 3.97. The summed E-state index contributed by atoms with van der Waals surface area (Å²) in [4.78, 5) is 14.0. The van der Waals surface area contributed by atoms with E-state index in [2.05, 4.69) is 5.32 Å². The number of benzene rings is 1. The molecule has 1 aliphatic rings. The number of nitrogens with zero attached hydrogens (tertiary/aromatic N) is 1. The molecule has 2 atom stereocenters. The third-order valence-corrected chi connectivity index (χ3v) is 3.10. The molecule has 0 bridgehead atoms. The van der Waals surface area contributed by atoms with Crippen molar-refractivity contribution in [2.75, 3.05) is 24.3 Å². The van der Waals surface area contributed by atoms with Gasteiger partial charge in [-0.25, -0.2) is 0 Å². The third-order valence-electron chi connectivity index (χ3n) is 3.10. The second kappa shape index (κ2) is 5.23. The fourth-order valence-corrected chi connectivity index (χ4v) is 2.00. The fourth-order valence-electron chi connectivity index (χ4n) is 2.00. The lowest BCUT2D eigenvalue weighted by molar-refractivity contribution is -0.118. The molecule has 2 unspecified atom stereocenters. The molecule has 0 fully saturated rings. The van der Waals surface area contributed by atoms with Gasteiger partial charge in [0.1, 0.15) is 0 Å². The smallest absolute Gasteiger partial charge is 0.231 e. The number of hydrogen-bond donors (Lipinski definition) is 2. The minimum Gasteiger partial charge on any atom is -0.378 e. The second-order valence-electron chi connectivity index (χ2n) is 4.82. The third kappa shape index (κ3) is 2.90. The van der Waals surface area contributed by atoms with Crippen LogP contribution in [-0.4, -0.2) is 26.0 Å². The van der Waals surface area contributed by atoms with Gasteiger partial charge < -0.3 is 16.0 Å². The lowest BCUT2D eigenvalue weighted by atomic mass is 10.1. The molecule has 0 saturated carbocycles. The Kier molecular flexibility index (Phi) is 3.67. The molecule has 0 aliphatic heterocycles. The molecule has 0 heterocycles. The van der Waals surface area contributed by atoms with Gasteiger partial charge in [0.15, 0.2) is 0 Å². The standard InChI is InChI=1S/C14H19N3O/c1-17(2)13-7-5-12(6-8-13)16-14(18)10-3-4-11(15)9-10/h3-8,10-11H,9,15H2,1-2H3,(H,16,18). The molecular weight excluding hydrogens is 226 g/mol. The van der Waals surface area contributed by atoms with Gasteiger partial charge in [0.2, 0.25) is 5.91 Å². The number of anilines is 2. The van der Waals surface area contributed by atoms with Gasteiger partial charge in [-0.3, -0.25) is 4.79 Å². The Bertz CT molecular complexity index is 451. The Hall–Kier alpha value is -1.81. The van der Waals surface area contributed by atoms with Gasteiger partial charge in [0.25, 0.3) is 0 Å². The molecule has 0 saturated heterocycles. The van der Waals surface area contributed by atoms with E-state index >= 15 is 0 Å². The average Bonchev–Trinajstić information content (AvgIpc) is 2.76. The summed E-state index contributed by atoms with van der Waals surface area (Å²) in [6.07, 6.45) is 4.47. The van der Waals surface area contributed by atoms with Crippen LogP contribution in [-0.2, 0) is 4.79 Å². The molecule has 1 aliphatic carbocycles. The fraction of sp³-hybridized carbons (Fsp3) is 0.357. The molecule has 2 rings (SSSR count). The van der Waals surface area contributed by atoms with Gasteiger partial charge >= 0.3 is 0 Å². The molecule has 1 amide bonds. The SMILES string of the molecule is CN(C)c1ccc(NC(=O)C2C=CC(N)C2)cc1. The van der Waals surface area contributed by atoms with E-state index in [0.717, 1.165) is 11.4 Å². The molecule has 0 aromatic heterocycles. The van der Waals surface area contributed by atoms with Crippen molar-refractivity contribution >= 4 is 17.3 Å². The Morgan fingerprint density at radius 3 is 2.44 bits per heavy atom. The van der Waals surface area contributed by atoms with Crippen molar-refractivity contribution in [3.63, 3.8) is 0 Å². The first-order valence-electron chi connectivity index (χ1n) is 6.08. The van der Waals surface area contributed by atoms with Crippen LogP contribution in [0, 0.1) is 5.92 Å². The Balaban J connectivity index is 1.97. The predicted molar refractivity (Wildman–Crippen MR) is 74.6 cm³/mol. The molecular formula is C14H19N3O. The first-order valence-corrected chi connectivity index (χ1v) is 6.08. The zero-order valence-corrected chi connectivity index (χ0v) is 10.8. The van der Waals surface area contributed by atoms with Crippen LogP contribution in [0.1, 0.15) is 6.42 Å². The predicted octanol–water partition coefficient (Wildman–Crippen LogP) is 1.59. The Morgan fingerprint density at radius 1 is 1.28 bits per heavy atom. The summed E-state index contributed by atoms with van der Waals surface area (Å²) in [5, 5.41) is 2.91. The highest BCUT2D eigenvalue weighted by Crippen LogP contribution is 2.20. The lowest BCUT2D eigenvalue weighted by Gasteiger charge is -2.14. The number of carbonyl (C=O) groups is 1. The number of amides is 1. The maximum Gasteiger partial charge on any atom is 0.231 e. The molecule has 1 aromatic rings. The highest BCUT2D eigenvalue weighted by molar-refractivity contribution is 5.94. The van der Waals surface area contributed by atoms with Gasteiger partial charge in [-0.2, -0.15) is 0 Å². The highest BCUT2D eigenvalue weighted by Gasteiger charge is 2.22. The van der Waals surface area contributed by atoms with Crippen molar-refractivity contribution in [1.29, 1.82) is 0 Å². The number of hydrogen-bond acceptors (Lipinski definition) is 3. The van der Waals surface area contributed by atoms with Crippen molar-refractivity contribution in [2.24, 2.45) is 11.7 Å². The van der Waals surface area contributed by atoms with Crippen LogP contribution in [0.3, 0.4) is 0 Å². The topological polar surface area (TPSA) is 58.4 Å². The molecule has 1 aromatic carbocycles. The summed E-state index contributed by atoms with van der Waals surface area (Å²) >= 11 is 0. The van der Waals surface area contributed by atoms with E-state index < -0.39 is 0 Å². The number of nitrogens with two attached hydrogens (primary N) is 1. The minimum atomic E-state index is -0.103. The average molecular weight is 245 g/mol. The summed E-state index contributed by atoms with van der Waals surface area (Å²) in [5.41, 5.74) is 7.66. The summed E-state index contributed by atoms with van der Waals surface area (Å²) in [5.74, 6) is -0.0923. The van der Waals surface area contributed by atoms with Gasteiger partial charge in [0, 0.05) is 31.5 Å². The number of nitrogens with one attached hydrogen (secondary N) is 1. The molecule has 0 spiro atoms. The first-order chi connectivity index (χ1) is 8.56. The van der Waals surface area contributed by atoms with Crippen molar-refractivity contribution in [1.82, 2.24) is 0 Å². The summed E-state index contributed by atoms with van der Waals surface area (Å²) in [6, 6.07) is 7.78. The molecule has 96 valence electrons. The van der Waals surface area contributed by atoms with E-state index in [4.69, 9.17) is 5.73 Å². The number of carbonyl (C=O) groups excluding carboxylic acids is 1. The van der Waals surface area contributed by atoms with Crippen LogP contribution in [0.5, 0.6) is 0 Å². The van der Waals surface area contributed by atoms with E-state index in [1.54, 1.807) is 0 Å². The number of rotatable bonds is 3. The maximum absolute atomic E-state index is 12.0. The Labute approximate surface area is 107 Å². The van der Waals surface area contributed by atoms with Crippen molar-refractivity contribution in [2.45, 2.75) is 12.5 Å². The maximum atomic E-state index is 12.0. The molecule has 3 N–H and O–H groups in total. The molecule has 4 heteroatoms. The van der Waals surface area contributed by atoms with E-state index in [0.29, 0.717) is 6.42 Å². The van der Waals surface area contributed by atoms with Crippen molar-refractivity contribution < 1.29 is 4.79 Å². The minimum absolute atomic E-state index is 0.0109.